The molecule has 0 radical (unpaired) electrons. The molecule has 122 valence electrons. The van der Waals surface area contributed by atoms with E-state index in [4.69, 9.17) is 4.74 Å². The maximum Gasteiger partial charge on any atom is 0.0734 e. The summed E-state index contributed by atoms with van der Waals surface area (Å²) in [6.07, 6.45) is 3.63. The van der Waals surface area contributed by atoms with Crippen molar-refractivity contribution in [2.24, 2.45) is 0 Å². The van der Waals surface area contributed by atoms with Crippen LogP contribution < -0.4 is 0 Å². The smallest absolute Gasteiger partial charge is 0.0734 e. The molecule has 3 heteroatoms. The largest absolute Gasteiger partial charge is 0.390 e. The van der Waals surface area contributed by atoms with E-state index in [9.17, 15) is 5.11 Å². The highest BCUT2D eigenvalue weighted by Gasteiger charge is 2.44. The number of aliphatic hydroxyl groups is 1. The quantitative estimate of drug-likeness (QED) is 0.910. The molecule has 1 spiro atoms. The summed E-state index contributed by atoms with van der Waals surface area (Å²) in [7, 11) is 0. The van der Waals surface area contributed by atoms with Gasteiger partial charge in [-0.25, -0.2) is 0 Å². The van der Waals surface area contributed by atoms with Crippen LogP contribution in [0.4, 0.5) is 0 Å². The van der Waals surface area contributed by atoms with E-state index in [0.717, 1.165) is 45.3 Å². The van der Waals surface area contributed by atoms with Crippen molar-refractivity contribution in [2.45, 2.75) is 64.2 Å². The average molecular weight is 303 g/mol. The van der Waals surface area contributed by atoms with Gasteiger partial charge in [0, 0.05) is 26.1 Å². The van der Waals surface area contributed by atoms with E-state index in [1.54, 1.807) is 0 Å². The number of piperidine rings is 1. The van der Waals surface area contributed by atoms with Gasteiger partial charge in [0.25, 0.3) is 0 Å². The van der Waals surface area contributed by atoms with E-state index in [0.29, 0.717) is 6.61 Å². The minimum absolute atomic E-state index is 0.0834. The number of benzene rings is 1. The Hall–Kier alpha value is -0.900. The van der Waals surface area contributed by atoms with Gasteiger partial charge in [-0.2, -0.15) is 0 Å². The predicted molar refractivity (Wildman–Crippen MR) is 89.0 cm³/mol. The standard InChI is InChI=1S/C19H29NO2/c1-15-4-5-16(2)17(12-15)13-20-9-6-19(7-10-20)14-18(3,21)8-11-22-19/h4-5,12,21H,6-11,13-14H2,1-3H3. The lowest BCUT2D eigenvalue weighted by Gasteiger charge is -2.48. The Labute approximate surface area is 134 Å². The fourth-order valence-corrected chi connectivity index (χ4v) is 3.97. The minimum Gasteiger partial charge on any atom is -0.390 e. The van der Waals surface area contributed by atoms with Crippen LogP contribution in [0.25, 0.3) is 0 Å². The molecule has 2 aliphatic rings. The lowest BCUT2D eigenvalue weighted by molar-refractivity contribution is -0.173. The van der Waals surface area contributed by atoms with Crippen LogP contribution in [-0.4, -0.2) is 40.9 Å². The molecule has 0 bridgehead atoms. The van der Waals surface area contributed by atoms with Crippen molar-refractivity contribution in [2.75, 3.05) is 19.7 Å². The third-order valence-corrected chi connectivity index (χ3v) is 5.42. The van der Waals surface area contributed by atoms with Crippen LogP contribution in [0.15, 0.2) is 18.2 Å². The second-order valence-corrected chi connectivity index (χ2v) is 7.66. The highest BCUT2D eigenvalue weighted by molar-refractivity contribution is 5.30. The molecule has 0 aromatic heterocycles. The molecule has 22 heavy (non-hydrogen) atoms. The van der Waals surface area contributed by atoms with E-state index in [1.807, 2.05) is 6.92 Å². The highest BCUT2D eigenvalue weighted by Crippen LogP contribution is 2.39. The van der Waals surface area contributed by atoms with Gasteiger partial charge in [-0.1, -0.05) is 23.8 Å². The topological polar surface area (TPSA) is 32.7 Å². The van der Waals surface area contributed by atoms with Crippen LogP contribution in [0.2, 0.25) is 0 Å². The molecule has 2 aliphatic heterocycles. The third-order valence-electron chi connectivity index (χ3n) is 5.42. The van der Waals surface area contributed by atoms with E-state index >= 15 is 0 Å². The Balaban J connectivity index is 1.61. The van der Waals surface area contributed by atoms with E-state index in [-0.39, 0.29) is 5.60 Å². The molecule has 1 aromatic rings. The molecular weight excluding hydrogens is 274 g/mol. The molecule has 1 unspecified atom stereocenters. The second kappa shape index (κ2) is 5.95. The Morgan fingerprint density at radius 1 is 1.18 bits per heavy atom. The van der Waals surface area contributed by atoms with Gasteiger partial charge in [0.2, 0.25) is 0 Å². The normalized spacial score (nSPS) is 28.9. The summed E-state index contributed by atoms with van der Waals surface area (Å²) < 4.78 is 6.10. The van der Waals surface area contributed by atoms with Crippen molar-refractivity contribution < 1.29 is 9.84 Å². The Kier molecular flexibility index (Phi) is 4.32. The molecule has 1 N–H and O–H groups in total. The fraction of sp³-hybridized carbons (Fsp3) is 0.684. The van der Waals surface area contributed by atoms with Crippen molar-refractivity contribution in [3.63, 3.8) is 0 Å². The first-order chi connectivity index (χ1) is 10.4. The van der Waals surface area contributed by atoms with E-state index in [1.165, 1.54) is 16.7 Å². The molecule has 2 saturated heterocycles. The summed E-state index contributed by atoms with van der Waals surface area (Å²) in [4.78, 5) is 2.53. The fourth-order valence-electron chi connectivity index (χ4n) is 3.97. The predicted octanol–water partition coefficient (Wildman–Crippen LogP) is 3.20. The van der Waals surface area contributed by atoms with Crippen LogP contribution in [0, 0.1) is 13.8 Å². The SMILES string of the molecule is Cc1ccc(C)c(CN2CCC3(CC2)CC(C)(O)CCO3)c1. The zero-order chi connectivity index (χ0) is 15.8. The van der Waals surface area contributed by atoms with Crippen LogP contribution >= 0.6 is 0 Å². The summed E-state index contributed by atoms with van der Waals surface area (Å²) in [5.74, 6) is 0. The first-order valence-corrected chi connectivity index (χ1v) is 8.52. The molecule has 2 fully saturated rings. The van der Waals surface area contributed by atoms with Gasteiger partial charge < -0.3 is 9.84 Å². The minimum atomic E-state index is -0.548. The maximum absolute atomic E-state index is 10.4. The van der Waals surface area contributed by atoms with Gasteiger partial charge in [-0.3, -0.25) is 4.90 Å². The Bertz CT molecular complexity index is 530. The molecule has 0 saturated carbocycles. The summed E-state index contributed by atoms with van der Waals surface area (Å²) in [5, 5.41) is 10.4. The van der Waals surface area contributed by atoms with Crippen LogP contribution in [-0.2, 0) is 11.3 Å². The Morgan fingerprint density at radius 3 is 2.59 bits per heavy atom. The second-order valence-electron chi connectivity index (χ2n) is 7.66. The third kappa shape index (κ3) is 3.53. The Morgan fingerprint density at radius 2 is 1.91 bits per heavy atom. The van der Waals surface area contributed by atoms with Crippen LogP contribution in [0.1, 0.15) is 49.3 Å². The van der Waals surface area contributed by atoms with Gasteiger partial charge in [-0.15, -0.1) is 0 Å². The van der Waals surface area contributed by atoms with Gasteiger partial charge in [0.1, 0.15) is 0 Å². The summed E-state index contributed by atoms with van der Waals surface area (Å²) in [6, 6.07) is 6.71. The van der Waals surface area contributed by atoms with Gasteiger partial charge >= 0.3 is 0 Å². The summed E-state index contributed by atoms with van der Waals surface area (Å²) >= 11 is 0. The number of hydrogen-bond donors (Lipinski definition) is 1. The number of rotatable bonds is 2. The molecule has 1 atom stereocenters. The molecule has 0 amide bonds. The monoisotopic (exact) mass is 303 g/mol. The highest BCUT2D eigenvalue weighted by atomic mass is 16.5. The van der Waals surface area contributed by atoms with Crippen molar-refractivity contribution in [3.8, 4) is 0 Å². The summed E-state index contributed by atoms with van der Waals surface area (Å²) in [6.45, 7) is 10.2. The zero-order valence-corrected chi connectivity index (χ0v) is 14.2. The molecule has 3 nitrogen and oxygen atoms in total. The van der Waals surface area contributed by atoms with Crippen LogP contribution in [0.3, 0.4) is 0 Å². The van der Waals surface area contributed by atoms with Crippen molar-refractivity contribution in [1.29, 1.82) is 0 Å². The molecule has 0 aliphatic carbocycles. The number of aryl methyl sites for hydroxylation is 2. The molecular formula is C19H29NO2. The lowest BCUT2D eigenvalue weighted by Crippen LogP contribution is -2.53. The van der Waals surface area contributed by atoms with Gasteiger partial charge in [0.05, 0.1) is 17.8 Å². The molecule has 3 rings (SSSR count). The lowest BCUT2D eigenvalue weighted by atomic mass is 9.78. The zero-order valence-electron chi connectivity index (χ0n) is 14.2. The number of nitrogens with zero attached hydrogens (tertiary/aromatic N) is 1. The summed E-state index contributed by atoms with van der Waals surface area (Å²) in [5.41, 5.74) is 3.52. The van der Waals surface area contributed by atoms with E-state index in [2.05, 4.69) is 36.9 Å². The van der Waals surface area contributed by atoms with Crippen molar-refractivity contribution in [1.82, 2.24) is 4.90 Å². The first kappa shape index (κ1) is 16.0. The van der Waals surface area contributed by atoms with Crippen molar-refractivity contribution >= 4 is 0 Å². The van der Waals surface area contributed by atoms with Crippen molar-refractivity contribution in [3.05, 3.63) is 34.9 Å². The molecule has 2 heterocycles. The van der Waals surface area contributed by atoms with Gasteiger partial charge in [0.15, 0.2) is 0 Å². The van der Waals surface area contributed by atoms with Crippen LogP contribution in [0.5, 0.6) is 0 Å². The van der Waals surface area contributed by atoms with E-state index < -0.39 is 5.60 Å². The number of hydrogen-bond acceptors (Lipinski definition) is 3. The molecule has 1 aromatic carbocycles. The maximum atomic E-state index is 10.4. The number of likely N-dealkylation sites (tertiary alicyclic amines) is 1. The van der Waals surface area contributed by atoms with Gasteiger partial charge in [-0.05, 0) is 51.2 Å². The number of ether oxygens (including phenoxy) is 1. The first-order valence-electron chi connectivity index (χ1n) is 8.52. The average Bonchev–Trinajstić information content (AvgIpc) is 2.44.